The first-order valence-electron chi connectivity index (χ1n) is 7.74. The number of fused-ring (bicyclic) bond motifs is 1. The fourth-order valence-corrected chi connectivity index (χ4v) is 2.68. The van der Waals surface area contributed by atoms with E-state index in [1.807, 2.05) is 37.3 Å². The molecule has 0 bridgehead atoms. The van der Waals surface area contributed by atoms with Gasteiger partial charge in [0.25, 0.3) is 0 Å². The molecule has 0 radical (unpaired) electrons. The molecule has 0 saturated carbocycles. The molecule has 0 fully saturated rings. The van der Waals surface area contributed by atoms with E-state index in [1.54, 1.807) is 12.4 Å². The van der Waals surface area contributed by atoms with E-state index >= 15 is 0 Å². The lowest BCUT2D eigenvalue weighted by molar-refractivity contribution is 0.461. The first-order chi connectivity index (χ1) is 11.3. The van der Waals surface area contributed by atoms with Crippen molar-refractivity contribution in [2.45, 2.75) is 19.5 Å². The quantitative estimate of drug-likeness (QED) is 0.541. The first-order valence-corrected chi connectivity index (χ1v) is 7.74. The van der Waals surface area contributed by atoms with Crippen LogP contribution in [0.3, 0.4) is 0 Å². The molecule has 23 heavy (non-hydrogen) atoms. The molecule has 0 amide bonds. The molecule has 2 N–H and O–H groups in total. The molecular formula is C20H20N2O. The van der Waals surface area contributed by atoms with Crippen molar-refractivity contribution in [1.29, 1.82) is 0 Å². The molecule has 0 aliphatic carbocycles. The lowest BCUT2D eigenvalue weighted by Crippen LogP contribution is -2.16. The molecule has 3 rings (SSSR count). The SMILES string of the molecule is C[C@@H](NC=NCc1cccc2ccccc12)c1ccccc1O. The van der Waals surface area contributed by atoms with Gasteiger partial charge in [-0.15, -0.1) is 0 Å². The number of nitrogens with one attached hydrogen (secondary N) is 1. The van der Waals surface area contributed by atoms with Crippen LogP contribution in [0.25, 0.3) is 10.8 Å². The summed E-state index contributed by atoms with van der Waals surface area (Å²) in [5.74, 6) is 0.301. The molecule has 0 heterocycles. The number of rotatable bonds is 5. The predicted octanol–water partition coefficient (Wildman–Crippen LogP) is 4.42. The smallest absolute Gasteiger partial charge is 0.120 e. The van der Waals surface area contributed by atoms with E-state index in [-0.39, 0.29) is 6.04 Å². The summed E-state index contributed by atoms with van der Waals surface area (Å²) >= 11 is 0. The Kier molecular flexibility index (Phi) is 4.57. The van der Waals surface area contributed by atoms with Crippen LogP contribution in [0.1, 0.15) is 24.1 Å². The van der Waals surface area contributed by atoms with Gasteiger partial charge in [0.2, 0.25) is 0 Å². The zero-order valence-electron chi connectivity index (χ0n) is 13.1. The highest BCUT2D eigenvalue weighted by Gasteiger charge is 2.07. The molecule has 3 aromatic rings. The van der Waals surface area contributed by atoms with Crippen molar-refractivity contribution in [2.24, 2.45) is 4.99 Å². The fraction of sp³-hybridized carbons (Fsp3) is 0.150. The molecule has 0 spiro atoms. The van der Waals surface area contributed by atoms with Gasteiger partial charge >= 0.3 is 0 Å². The molecule has 0 unspecified atom stereocenters. The molecule has 0 aliphatic rings. The van der Waals surface area contributed by atoms with Crippen LogP contribution in [-0.4, -0.2) is 11.4 Å². The Bertz CT molecular complexity index is 821. The summed E-state index contributed by atoms with van der Waals surface area (Å²) in [5.41, 5.74) is 2.07. The molecule has 3 nitrogen and oxygen atoms in total. The van der Waals surface area contributed by atoms with Crippen molar-refractivity contribution >= 4 is 17.1 Å². The molecule has 116 valence electrons. The Labute approximate surface area is 136 Å². The third-order valence-electron chi connectivity index (χ3n) is 3.96. The summed E-state index contributed by atoms with van der Waals surface area (Å²) in [6.45, 7) is 2.63. The lowest BCUT2D eigenvalue weighted by Gasteiger charge is -2.13. The van der Waals surface area contributed by atoms with Gasteiger partial charge in [-0.25, -0.2) is 0 Å². The van der Waals surface area contributed by atoms with Gasteiger partial charge in [0.05, 0.1) is 18.9 Å². The van der Waals surface area contributed by atoms with E-state index < -0.39 is 0 Å². The van der Waals surface area contributed by atoms with Crippen LogP contribution < -0.4 is 5.32 Å². The van der Waals surface area contributed by atoms with E-state index in [1.165, 1.54) is 16.3 Å². The average molecular weight is 304 g/mol. The normalized spacial score (nSPS) is 12.6. The maximum Gasteiger partial charge on any atom is 0.120 e. The summed E-state index contributed by atoms with van der Waals surface area (Å²) in [4.78, 5) is 4.47. The van der Waals surface area contributed by atoms with Gasteiger partial charge in [-0.1, -0.05) is 60.7 Å². The lowest BCUT2D eigenvalue weighted by atomic mass is 10.1. The standard InChI is InChI=1S/C20H20N2O/c1-15(18-10-4-5-12-20(18)23)22-14-21-13-17-9-6-8-16-7-2-3-11-19(16)17/h2-12,14-15,23H,13H2,1H3,(H,21,22)/t15-/m1/s1. The monoisotopic (exact) mass is 304 g/mol. The highest BCUT2D eigenvalue weighted by Crippen LogP contribution is 2.22. The number of aliphatic imine (C=N–C) groups is 1. The third-order valence-corrected chi connectivity index (χ3v) is 3.96. The van der Waals surface area contributed by atoms with Crippen LogP contribution in [0.15, 0.2) is 71.7 Å². The summed E-state index contributed by atoms with van der Waals surface area (Å²) in [5, 5.41) is 15.5. The van der Waals surface area contributed by atoms with Gasteiger partial charge in [-0.05, 0) is 29.3 Å². The maximum atomic E-state index is 9.85. The molecule has 0 saturated heterocycles. The van der Waals surface area contributed by atoms with E-state index in [0.717, 1.165) is 5.56 Å². The number of phenols is 1. The van der Waals surface area contributed by atoms with E-state index in [9.17, 15) is 5.11 Å². The van der Waals surface area contributed by atoms with Gasteiger partial charge in [0.1, 0.15) is 5.75 Å². The van der Waals surface area contributed by atoms with Crippen LogP contribution in [0, 0.1) is 0 Å². The number of nitrogens with zero attached hydrogens (tertiary/aromatic N) is 1. The summed E-state index contributed by atoms with van der Waals surface area (Å²) in [7, 11) is 0. The Balaban J connectivity index is 1.66. The first kappa shape index (κ1) is 15.1. The second-order valence-electron chi connectivity index (χ2n) is 5.56. The number of para-hydroxylation sites is 1. The molecule has 3 aromatic carbocycles. The Morgan fingerprint density at radius 3 is 2.61 bits per heavy atom. The van der Waals surface area contributed by atoms with Crippen molar-refractivity contribution in [1.82, 2.24) is 5.32 Å². The summed E-state index contributed by atoms with van der Waals surface area (Å²) < 4.78 is 0. The molecule has 0 aromatic heterocycles. The number of hydrogen-bond acceptors (Lipinski definition) is 2. The Morgan fingerprint density at radius 2 is 1.74 bits per heavy atom. The van der Waals surface area contributed by atoms with E-state index in [4.69, 9.17) is 0 Å². The van der Waals surface area contributed by atoms with Crippen LogP contribution in [0.5, 0.6) is 5.75 Å². The maximum absolute atomic E-state index is 9.85. The molecule has 0 aliphatic heterocycles. The van der Waals surface area contributed by atoms with Gasteiger partial charge in [0, 0.05) is 5.56 Å². The van der Waals surface area contributed by atoms with Gasteiger partial charge in [0.15, 0.2) is 0 Å². The molecular weight excluding hydrogens is 284 g/mol. The highest BCUT2D eigenvalue weighted by molar-refractivity contribution is 5.85. The predicted molar refractivity (Wildman–Crippen MR) is 95.8 cm³/mol. The second-order valence-corrected chi connectivity index (χ2v) is 5.56. The molecule has 3 heteroatoms. The number of hydrogen-bond donors (Lipinski definition) is 2. The minimum atomic E-state index is 0.00691. The zero-order chi connectivity index (χ0) is 16.1. The average Bonchev–Trinajstić information content (AvgIpc) is 2.59. The molecule has 1 atom stereocenters. The highest BCUT2D eigenvalue weighted by atomic mass is 16.3. The largest absolute Gasteiger partial charge is 0.508 e. The van der Waals surface area contributed by atoms with E-state index in [0.29, 0.717) is 12.3 Å². The van der Waals surface area contributed by atoms with Crippen molar-refractivity contribution in [3.05, 3.63) is 77.9 Å². The minimum Gasteiger partial charge on any atom is -0.508 e. The second kappa shape index (κ2) is 6.97. The Morgan fingerprint density at radius 1 is 1.00 bits per heavy atom. The topological polar surface area (TPSA) is 44.6 Å². The Hall–Kier alpha value is -2.81. The number of phenolic OH excluding ortho intramolecular Hbond substituents is 1. The van der Waals surface area contributed by atoms with Gasteiger partial charge in [-0.3, -0.25) is 4.99 Å². The fourth-order valence-electron chi connectivity index (χ4n) is 2.68. The van der Waals surface area contributed by atoms with Crippen LogP contribution >= 0.6 is 0 Å². The van der Waals surface area contributed by atoms with Gasteiger partial charge < -0.3 is 10.4 Å². The number of aromatic hydroxyl groups is 1. The van der Waals surface area contributed by atoms with Crippen molar-refractivity contribution < 1.29 is 5.11 Å². The number of benzene rings is 3. The zero-order valence-corrected chi connectivity index (χ0v) is 13.1. The minimum absolute atomic E-state index is 0.00691. The van der Waals surface area contributed by atoms with Crippen molar-refractivity contribution in [3.63, 3.8) is 0 Å². The van der Waals surface area contributed by atoms with Gasteiger partial charge in [-0.2, -0.15) is 0 Å². The third kappa shape index (κ3) is 3.51. The van der Waals surface area contributed by atoms with Crippen molar-refractivity contribution in [3.8, 4) is 5.75 Å². The summed E-state index contributed by atoms with van der Waals surface area (Å²) in [6, 6.07) is 22.0. The van der Waals surface area contributed by atoms with Crippen LogP contribution in [-0.2, 0) is 6.54 Å². The van der Waals surface area contributed by atoms with E-state index in [2.05, 4.69) is 40.6 Å². The van der Waals surface area contributed by atoms with Crippen molar-refractivity contribution in [2.75, 3.05) is 0 Å². The summed E-state index contributed by atoms with van der Waals surface area (Å²) in [6.07, 6.45) is 1.72. The van der Waals surface area contributed by atoms with Crippen LogP contribution in [0.2, 0.25) is 0 Å². The van der Waals surface area contributed by atoms with Crippen LogP contribution in [0.4, 0.5) is 0 Å².